The number of carbonyl (C=O) groups is 2. The highest BCUT2D eigenvalue weighted by molar-refractivity contribution is 7.93. The van der Waals surface area contributed by atoms with Crippen LogP contribution in [0.25, 0.3) is 22.0 Å². The first-order chi connectivity index (χ1) is 18.5. The molecule has 1 aromatic heterocycles. The van der Waals surface area contributed by atoms with E-state index in [0.717, 1.165) is 6.07 Å². The average molecular weight is 576 g/mol. The number of rotatable bonds is 7. The Balaban J connectivity index is 0.00000161. The van der Waals surface area contributed by atoms with Gasteiger partial charge >= 0.3 is 14.9 Å². The van der Waals surface area contributed by atoms with Crippen molar-refractivity contribution in [1.29, 1.82) is 0 Å². The number of aromatic amines is 1. The largest absolute Gasteiger partial charge is 1.00 e. The minimum atomic E-state index is -3.82. The highest BCUT2D eigenvalue weighted by Crippen LogP contribution is 2.47. The number of nitrogens with one attached hydrogen (secondary N) is 2. The van der Waals surface area contributed by atoms with Gasteiger partial charge in [0.05, 0.1) is 37.0 Å². The highest BCUT2D eigenvalue weighted by atomic mass is 32.2. The van der Waals surface area contributed by atoms with Crippen molar-refractivity contribution in [3.8, 4) is 11.1 Å². The first-order valence-electron chi connectivity index (χ1n) is 12.6. The highest BCUT2D eigenvalue weighted by Gasteiger charge is 2.51. The summed E-state index contributed by atoms with van der Waals surface area (Å²) in [5, 5.41) is 9.77. The number of aromatic carboxylic acids is 1. The maximum atomic E-state index is 15.1. The second-order valence-corrected chi connectivity index (χ2v) is 12.5. The fourth-order valence-corrected chi connectivity index (χ4v) is 6.94. The van der Waals surface area contributed by atoms with Crippen LogP contribution in [0, 0.1) is 18.7 Å². The number of carboxylic acids is 1. The van der Waals surface area contributed by atoms with Crippen molar-refractivity contribution < 1.29 is 39.8 Å². The van der Waals surface area contributed by atoms with Crippen molar-refractivity contribution in [1.82, 2.24) is 16.0 Å². The Labute approximate surface area is 233 Å². The smallest absolute Gasteiger partial charge is 0.477 e. The lowest BCUT2D eigenvalue weighted by Crippen LogP contribution is -2.46. The van der Waals surface area contributed by atoms with Gasteiger partial charge in [0.1, 0.15) is 22.4 Å². The van der Waals surface area contributed by atoms with Crippen LogP contribution >= 0.6 is 0 Å². The minimum Gasteiger partial charge on any atom is -0.477 e. The van der Waals surface area contributed by atoms with Crippen LogP contribution in [0.15, 0.2) is 36.4 Å². The lowest BCUT2D eigenvalue weighted by molar-refractivity contribution is -0.0330. The number of amides is 1. The van der Waals surface area contributed by atoms with Gasteiger partial charge in [-0.2, -0.15) is 5.92 Å². The number of fused-ring (bicyclic) bond motifs is 1. The van der Waals surface area contributed by atoms with Gasteiger partial charge in [-0.15, -0.1) is 0 Å². The molecule has 1 saturated carbocycles. The predicted octanol–water partition coefficient (Wildman–Crippen LogP) is 4.70. The maximum absolute atomic E-state index is 15.1. The van der Waals surface area contributed by atoms with Gasteiger partial charge in [0.2, 0.25) is 10.0 Å². The standard InChI is InChI=1S/C27H27FN3O7S.H3N/c1-14-9-27(10-14)13-31(26(34)38-27)15(2)18-4-3-5-19-22(24(25(32)33)29-23(18)19)16-6-7-21(20(28)8-16)30-39(35,36)17-11-37-12-17;/h3-8,14-15,17,29-30H,1,9-13H2,2H3,(H,32,33);1H3/q-1;/p+2/t14?,15-,27?;/m0./s1. The summed E-state index contributed by atoms with van der Waals surface area (Å²) in [6.07, 6.45) is 0.979. The van der Waals surface area contributed by atoms with Crippen LogP contribution in [0.5, 0.6) is 0 Å². The van der Waals surface area contributed by atoms with E-state index in [1.807, 2.05) is 13.0 Å². The third-order valence-electron chi connectivity index (χ3n) is 7.87. The zero-order chi connectivity index (χ0) is 27.7. The quantitative estimate of drug-likeness (QED) is 0.294. The molecule has 40 heavy (non-hydrogen) atoms. The third kappa shape index (κ3) is 4.47. The number of hydrogen-bond donors (Lipinski definition) is 4. The third-order valence-corrected chi connectivity index (χ3v) is 9.53. The van der Waals surface area contributed by atoms with Crippen molar-refractivity contribution in [3.05, 3.63) is 60.4 Å². The molecule has 13 heteroatoms. The number of sulfonamides is 1. The fraction of sp³-hybridized carbons (Fsp3) is 0.370. The van der Waals surface area contributed by atoms with Gasteiger partial charge in [0.25, 0.3) is 0 Å². The van der Waals surface area contributed by atoms with E-state index in [9.17, 15) is 23.1 Å². The lowest BCUT2D eigenvalue weighted by Gasteiger charge is -2.45. The molecule has 2 saturated heterocycles. The number of aromatic nitrogens is 1. The Bertz CT molecular complexity index is 1620. The van der Waals surface area contributed by atoms with Crippen LogP contribution in [0.1, 0.15) is 44.7 Å². The molecule has 3 heterocycles. The molecule has 3 aromatic rings. The number of ether oxygens (including phenoxy) is 2. The zero-order valence-corrected chi connectivity index (χ0v) is 22.6. The lowest BCUT2D eigenvalue weighted by atomic mass is 9.72. The molecular weight excluding hydrogens is 543 g/mol. The fourth-order valence-electron chi connectivity index (χ4n) is 5.75. The number of halogens is 1. The number of carbonyl (C=O) groups excluding carboxylic acids is 1. The second-order valence-electron chi connectivity index (χ2n) is 10.6. The van der Waals surface area contributed by atoms with Crippen LogP contribution in [0.2, 0.25) is 0 Å². The number of hydrogen-bond acceptors (Lipinski definition) is 7. The van der Waals surface area contributed by atoms with Crippen molar-refractivity contribution in [2.75, 3.05) is 24.5 Å². The average Bonchev–Trinajstić information content (AvgIpc) is 3.36. The van der Waals surface area contributed by atoms with Gasteiger partial charge in [-0.25, -0.2) is 22.4 Å². The Morgan fingerprint density at radius 3 is 2.62 bits per heavy atom. The Morgan fingerprint density at radius 2 is 2.02 bits per heavy atom. The predicted molar refractivity (Wildman–Crippen MR) is 147 cm³/mol. The van der Waals surface area contributed by atoms with Crippen molar-refractivity contribution in [3.63, 3.8) is 0 Å². The summed E-state index contributed by atoms with van der Waals surface area (Å²) in [4.78, 5) is 29.6. The molecule has 214 valence electrons. The molecule has 6 N–H and O–H groups in total. The van der Waals surface area contributed by atoms with E-state index in [4.69, 9.17) is 9.47 Å². The topological polar surface area (TPSA) is 173 Å². The minimum absolute atomic E-state index is 0. The Hall–Kier alpha value is -3.68. The summed E-state index contributed by atoms with van der Waals surface area (Å²) in [7, 11) is -3.82. The molecule has 11 nitrogen and oxygen atoms in total. The maximum Gasteiger partial charge on any atom is 1.00 e. The van der Waals surface area contributed by atoms with Crippen LogP contribution in [0.3, 0.4) is 0 Å². The zero-order valence-electron chi connectivity index (χ0n) is 23.8. The molecule has 1 spiro atoms. The van der Waals surface area contributed by atoms with E-state index in [0.29, 0.717) is 35.9 Å². The summed E-state index contributed by atoms with van der Waals surface area (Å²) in [5.74, 6) is -1.85. The summed E-state index contributed by atoms with van der Waals surface area (Å²) in [6.45, 7) is 6.38. The molecule has 1 aliphatic carbocycles. The molecule has 2 aromatic carbocycles. The number of nitrogens with zero attached hydrogens (tertiary/aromatic N) is 1. The summed E-state index contributed by atoms with van der Waals surface area (Å²) in [6, 6.07) is 8.70. The van der Waals surface area contributed by atoms with Crippen molar-refractivity contribution in [2.45, 2.75) is 36.7 Å². The van der Waals surface area contributed by atoms with Gasteiger partial charge in [-0.1, -0.05) is 24.3 Å². The molecule has 0 bridgehead atoms. The number of H-pyrrole nitrogens is 1. The number of anilines is 1. The molecule has 0 unspecified atom stereocenters. The van der Waals surface area contributed by atoms with Crippen molar-refractivity contribution >= 4 is 38.7 Å². The molecule has 2 aliphatic heterocycles. The van der Waals surface area contributed by atoms with E-state index < -0.39 is 44.8 Å². The van der Waals surface area contributed by atoms with Crippen LogP contribution in [0.4, 0.5) is 14.9 Å². The van der Waals surface area contributed by atoms with Crippen molar-refractivity contribution in [2.24, 2.45) is 5.92 Å². The second kappa shape index (κ2) is 9.75. The summed E-state index contributed by atoms with van der Waals surface area (Å²) < 4.78 is 52.8. The van der Waals surface area contributed by atoms with Gasteiger partial charge < -0.3 is 32.6 Å². The molecule has 3 fully saturated rings. The van der Waals surface area contributed by atoms with Gasteiger partial charge in [0, 0.05) is 10.9 Å². The van der Waals surface area contributed by atoms with E-state index in [1.165, 1.54) is 12.1 Å². The van der Waals surface area contributed by atoms with E-state index >= 15 is 4.39 Å². The summed E-state index contributed by atoms with van der Waals surface area (Å²) >= 11 is 0. The normalized spacial score (nSPS) is 23.3. The monoisotopic (exact) mass is 575 g/mol. The Kier molecular flexibility index (Phi) is 6.79. The molecule has 1 amide bonds. The molecule has 1 atom stereocenters. The first-order valence-corrected chi connectivity index (χ1v) is 14.1. The number of benzene rings is 2. The van der Waals surface area contributed by atoms with Gasteiger partial charge in [-0.3, -0.25) is 9.62 Å². The van der Waals surface area contributed by atoms with Gasteiger partial charge in [-0.05, 0) is 43.0 Å². The van der Waals surface area contributed by atoms with Crippen LogP contribution in [-0.2, 0) is 19.5 Å². The SMILES string of the molecule is N.[CH2-]C1CC2(C1)CN([C@@H](C)c1cccc3c(-c4ccc(NS(=O)(=O)C5COC5)c(F)c4)c(C(=O)O)[nH]c13)C(=O)O2.[H+].[H+]. The van der Waals surface area contributed by atoms with Crippen LogP contribution < -0.4 is 10.9 Å². The van der Waals surface area contributed by atoms with Crippen LogP contribution in [-0.4, -0.2) is 66.1 Å². The summed E-state index contributed by atoms with van der Waals surface area (Å²) in [5.41, 5.74) is 0.795. The molecule has 3 aliphatic rings. The Morgan fingerprint density at radius 1 is 1.30 bits per heavy atom. The molecular formula is C27H32FN4O7S+. The van der Waals surface area contributed by atoms with E-state index in [-0.39, 0.29) is 50.6 Å². The van der Waals surface area contributed by atoms with Gasteiger partial charge in [0.15, 0.2) is 0 Å². The number of carboxylic acid groups (broad SMARTS) is 1. The molecule has 6 rings (SSSR count). The molecule has 0 radical (unpaired) electrons. The van der Waals surface area contributed by atoms with E-state index in [2.05, 4.69) is 16.6 Å². The number of para-hydroxylation sites is 1. The van der Waals surface area contributed by atoms with E-state index in [1.54, 1.807) is 17.0 Å². The first kappa shape index (κ1) is 27.9.